The lowest BCUT2D eigenvalue weighted by Gasteiger charge is -2.21. The number of hydrogen-bond donors (Lipinski definition) is 1. The van der Waals surface area contributed by atoms with E-state index in [1.165, 1.54) is 16.0 Å². The van der Waals surface area contributed by atoms with Crippen LogP contribution in [0.15, 0.2) is 36.4 Å². The van der Waals surface area contributed by atoms with Crippen molar-refractivity contribution in [3.63, 3.8) is 0 Å². The van der Waals surface area contributed by atoms with Crippen molar-refractivity contribution >= 4 is 32.6 Å². The Labute approximate surface area is 159 Å². The van der Waals surface area contributed by atoms with Gasteiger partial charge in [-0.05, 0) is 50.1 Å². The average Bonchev–Trinajstić information content (AvgIpc) is 2.98. The van der Waals surface area contributed by atoms with Gasteiger partial charge in [0.2, 0.25) is 0 Å². The molecule has 0 spiro atoms. The predicted octanol–water partition coefficient (Wildman–Crippen LogP) is 3.01. The van der Waals surface area contributed by atoms with Gasteiger partial charge < -0.3 is 4.90 Å². The summed E-state index contributed by atoms with van der Waals surface area (Å²) in [5.74, 6) is 0.0170. The van der Waals surface area contributed by atoms with E-state index in [2.05, 4.69) is 40.1 Å². The molecule has 1 N–H and O–H groups in total. The summed E-state index contributed by atoms with van der Waals surface area (Å²) in [5.41, 5.74) is 5.18. The van der Waals surface area contributed by atoms with Crippen LogP contribution in [0.1, 0.15) is 27.0 Å². The molecule has 26 heavy (non-hydrogen) atoms. The van der Waals surface area contributed by atoms with Crippen LogP contribution in [0.3, 0.4) is 0 Å². The molecule has 0 unspecified atom stereocenters. The largest absolute Gasteiger partial charge is 0.338 e. The second-order valence-electron chi connectivity index (χ2n) is 7.21. The molecule has 0 saturated heterocycles. The summed E-state index contributed by atoms with van der Waals surface area (Å²) in [4.78, 5) is 21.2. The molecular formula is C21H26N3OS+. The third-order valence-corrected chi connectivity index (χ3v) is 5.61. The summed E-state index contributed by atoms with van der Waals surface area (Å²) >= 11 is 1.60. The van der Waals surface area contributed by atoms with Gasteiger partial charge in [0.05, 0.1) is 37.4 Å². The Hall–Kier alpha value is -2.24. The number of carbonyl (C=O) groups excluding carboxylic acids is 1. The molecule has 0 atom stereocenters. The quantitative estimate of drug-likeness (QED) is 0.752. The van der Waals surface area contributed by atoms with E-state index in [1.54, 1.807) is 11.3 Å². The average molecular weight is 369 g/mol. The number of nitrogens with one attached hydrogen (secondary N) is 1. The highest BCUT2D eigenvalue weighted by Crippen LogP contribution is 2.32. The maximum absolute atomic E-state index is 13.2. The highest BCUT2D eigenvalue weighted by Gasteiger charge is 2.22. The van der Waals surface area contributed by atoms with Gasteiger partial charge in [-0.25, -0.2) is 4.98 Å². The fraction of sp³-hybridized carbons (Fsp3) is 0.333. The fourth-order valence-corrected chi connectivity index (χ4v) is 4.07. The maximum Gasteiger partial charge on any atom is 0.260 e. The minimum atomic E-state index is 0.0170. The molecule has 0 aliphatic carbocycles. The van der Waals surface area contributed by atoms with Gasteiger partial charge in [-0.15, -0.1) is 0 Å². The molecule has 0 bridgehead atoms. The third kappa shape index (κ3) is 3.94. The van der Waals surface area contributed by atoms with Gasteiger partial charge >= 0.3 is 0 Å². The number of aromatic nitrogens is 1. The number of thiazole rings is 1. The van der Waals surface area contributed by atoms with Gasteiger partial charge in [-0.1, -0.05) is 35.1 Å². The van der Waals surface area contributed by atoms with Crippen LogP contribution in [0.2, 0.25) is 0 Å². The van der Waals surface area contributed by atoms with Crippen LogP contribution in [0.5, 0.6) is 0 Å². The van der Waals surface area contributed by atoms with Gasteiger partial charge in [0.1, 0.15) is 0 Å². The molecular weight excluding hydrogens is 342 g/mol. The van der Waals surface area contributed by atoms with Crippen LogP contribution in [-0.2, 0) is 0 Å². The number of aryl methyl sites for hydroxylation is 3. The Bertz CT molecular complexity index is 946. The number of hydrogen-bond acceptors (Lipinski definition) is 3. The first-order valence-corrected chi connectivity index (χ1v) is 9.72. The van der Waals surface area contributed by atoms with Crippen molar-refractivity contribution in [2.75, 3.05) is 32.1 Å². The Balaban J connectivity index is 2.03. The van der Waals surface area contributed by atoms with E-state index in [4.69, 9.17) is 4.98 Å². The van der Waals surface area contributed by atoms with E-state index in [-0.39, 0.29) is 5.91 Å². The standard InChI is InChI=1S/C21H25N3OS/c1-14-7-6-8-17(12-14)20(25)24(10-9-23(4)5)21-22-18-13-15(2)11-16(3)19(18)26-21/h6-8,11-13H,9-10H2,1-5H3/p+1. The zero-order valence-electron chi connectivity index (χ0n) is 16.1. The first kappa shape index (κ1) is 18.5. The Morgan fingerprint density at radius 3 is 2.58 bits per heavy atom. The molecule has 5 heteroatoms. The first-order valence-electron chi connectivity index (χ1n) is 8.90. The number of quaternary nitrogens is 1. The SMILES string of the molecule is Cc1cccc(C(=O)N(CC[NH+](C)C)c2nc3cc(C)cc(C)c3s2)c1. The van der Waals surface area contributed by atoms with E-state index in [1.807, 2.05) is 36.1 Å². The summed E-state index contributed by atoms with van der Waals surface area (Å²) in [6.07, 6.45) is 0. The number of likely N-dealkylation sites (N-methyl/N-ethyl adjacent to an activating group) is 1. The van der Waals surface area contributed by atoms with E-state index < -0.39 is 0 Å². The highest BCUT2D eigenvalue weighted by molar-refractivity contribution is 7.22. The van der Waals surface area contributed by atoms with Crippen LogP contribution in [0.4, 0.5) is 5.13 Å². The van der Waals surface area contributed by atoms with Gasteiger partial charge in [-0.2, -0.15) is 0 Å². The number of anilines is 1. The Morgan fingerprint density at radius 1 is 1.12 bits per heavy atom. The molecule has 1 heterocycles. The van der Waals surface area contributed by atoms with Crippen LogP contribution < -0.4 is 9.80 Å². The topological polar surface area (TPSA) is 37.6 Å². The molecule has 1 amide bonds. The van der Waals surface area contributed by atoms with E-state index >= 15 is 0 Å². The second-order valence-corrected chi connectivity index (χ2v) is 8.19. The lowest BCUT2D eigenvalue weighted by atomic mass is 10.1. The van der Waals surface area contributed by atoms with Crippen molar-refractivity contribution in [2.24, 2.45) is 0 Å². The van der Waals surface area contributed by atoms with Gasteiger partial charge in [-0.3, -0.25) is 9.69 Å². The number of amides is 1. The van der Waals surface area contributed by atoms with E-state index in [0.717, 1.165) is 27.5 Å². The first-order chi connectivity index (χ1) is 12.3. The Morgan fingerprint density at radius 2 is 1.88 bits per heavy atom. The maximum atomic E-state index is 13.2. The number of rotatable bonds is 5. The van der Waals surface area contributed by atoms with Gasteiger partial charge in [0, 0.05) is 5.56 Å². The third-order valence-electron chi connectivity index (χ3n) is 4.39. The molecule has 0 aliphatic heterocycles. The normalized spacial score (nSPS) is 11.3. The molecule has 4 nitrogen and oxygen atoms in total. The van der Waals surface area contributed by atoms with Crippen molar-refractivity contribution in [3.05, 3.63) is 58.7 Å². The van der Waals surface area contributed by atoms with Crippen LogP contribution in [0, 0.1) is 20.8 Å². The summed E-state index contributed by atoms with van der Waals surface area (Å²) in [5, 5.41) is 0.779. The number of carbonyl (C=O) groups is 1. The summed E-state index contributed by atoms with van der Waals surface area (Å²) < 4.78 is 1.16. The number of fused-ring (bicyclic) bond motifs is 1. The minimum absolute atomic E-state index is 0.0170. The lowest BCUT2D eigenvalue weighted by Crippen LogP contribution is -3.06. The van der Waals surface area contributed by atoms with Crippen molar-refractivity contribution in [1.82, 2.24) is 4.98 Å². The minimum Gasteiger partial charge on any atom is -0.338 e. The van der Waals surface area contributed by atoms with Crippen molar-refractivity contribution in [2.45, 2.75) is 20.8 Å². The molecule has 2 aromatic carbocycles. The molecule has 136 valence electrons. The molecule has 0 fully saturated rings. The highest BCUT2D eigenvalue weighted by atomic mass is 32.1. The molecule has 3 rings (SSSR count). The van der Waals surface area contributed by atoms with Crippen LogP contribution >= 0.6 is 11.3 Å². The van der Waals surface area contributed by atoms with Crippen molar-refractivity contribution < 1.29 is 9.69 Å². The van der Waals surface area contributed by atoms with Crippen molar-refractivity contribution in [1.29, 1.82) is 0 Å². The number of benzene rings is 2. The molecule has 3 aromatic rings. The number of nitrogens with zero attached hydrogens (tertiary/aromatic N) is 2. The molecule has 1 aromatic heterocycles. The van der Waals surface area contributed by atoms with Crippen LogP contribution in [0.25, 0.3) is 10.2 Å². The van der Waals surface area contributed by atoms with E-state index in [9.17, 15) is 4.79 Å². The van der Waals surface area contributed by atoms with E-state index in [0.29, 0.717) is 12.1 Å². The second kappa shape index (κ2) is 7.56. The zero-order valence-corrected chi connectivity index (χ0v) is 16.9. The predicted molar refractivity (Wildman–Crippen MR) is 110 cm³/mol. The van der Waals surface area contributed by atoms with Gasteiger partial charge in [0.15, 0.2) is 5.13 Å². The smallest absolute Gasteiger partial charge is 0.260 e. The fourth-order valence-electron chi connectivity index (χ4n) is 3.03. The zero-order chi connectivity index (χ0) is 18.8. The van der Waals surface area contributed by atoms with Crippen LogP contribution in [-0.4, -0.2) is 38.1 Å². The molecule has 0 radical (unpaired) electrons. The van der Waals surface area contributed by atoms with Gasteiger partial charge in [0.25, 0.3) is 5.91 Å². The monoisotopic (exact) mass is 368 g/mol. The Kier molecular flexibility index (Phi) is 5.39. The lowest BCUT2D eigenvalue weighted by molar-refractivity contribution is -0.856. The molecule has 0 saturated carbocycles. The molecule has 0 aliphatic rings. The van der Waals surface area contributed by atoms with Crippen molar-refractivity contribution in [3.8, 4) is 0 Å². The summed E-state index contributed by atoms with van der Waals surface area (Å²) in [7, 11) is 4.20. The summed E-state index contributed by atoms with van der Waals surface area (Å²) in [6.45, 7) is 7.71. The summed E-state index contributed by atoms with van der Waals surface area (Å²) in [6, 6.07) is 12.0.